The van der Waals surface area contributed by atoms with Gasteiger partial charge in [-0.05, 0) is 24.7 Å². The quantitative estimate of drug-likeness (QED) is 0.805. The highest BCUT2D eigenvalue weighted by molar-refractivity contribution is 5.82. The van der Waals surface area contributed by atoms with Crippen molar-refractivity contribution in [3.05, 3.63) is 0 Å². The molecule has 1 heterocycles. The molecule has 0 spiro atoms. The fraction of sp³-hybridized carbons (Fsp3) is 0.857. The minimum atomic E-state index is -0.944. The van der Waals surface area contributed by atoms with E-state index in [0.717, 1.165) is 25.8 Å². The van der Waals surface area contributed by atoms with Crippen LogP contribution in [0, 0.1) is 11.8 Å². The maximum absolute atomic E-state index is 12.1. The van der Waals surface area contributed by atoms with Crippen LogP contribution < -0.4 is 5.32 Å². The van der Waals surface area contributed by atoms with Crippen LogP contribution in [0.5, 0.6) is 0 Å². The largest absolute Gasteiger partial charge is 0.480 e. The lowest BCUT2D eigenvalue weighted by Gasteiger charge is -2.35. The van der Waals surface area contributed by atoms with Gasteiger partial charge in [0.2, 0.25) is 0 Å². The van der Waals surface area contributed by atoms with Gasteiger partial charge in [-0.15, -0.1) is 0 Å². The molecule has 1 rings (SSSR count). The first kappa shape index (κ1) is 15.8. The Kier molecular flexibility index (Phi) is 6.12. The molecule has 1 saturated heterocycles. The zero-order chi connectivity index (χ0) is 14.4. The van der Waals surface area contributed by atoms with Crippen molar-refractivity contribution in [2.45, 2.75) is 52.5 Å². The van der Waals surface area contributed by atoms with E-state index in [1.54, 1.807) is 4.90 Å². The Balaban J connectivity index is 2.50. The summed E-state index contributed by atoms with van der Waals surface area (Å²) < 4.78 is 0. The first-order valence-corrected chi connectivity index (χ1v) is 7.24. The molecule has 3 atom stereocenters. The molecule has 1 aliphatic heterocycles. The Morgan fingerprint density at radius 3 is 2.58 bits per heavy atom. The third kappa shape index (κ3) is 4.73. The van der Waals surface area contributed by atoms with E-state index in [1.165, 1.54) is 0 Å². The molecule has 3 unspecified atom stereocenters. The van der Waals surface area contributed by atoms with Gasteiger partial charge in [0.25, 0.3) is 0 Å². The number of carbonyl (C=O) groups excluding carboxylic acids is 1. The van der Waals surface area contributed by atoms with Crippen LogP contribution in [0.4, 0.5) is 4.79 Å². The van der Waals surface area contributed by atoms with Crippen molar-refractivity contribution in [2.24, 2.45) is 11.8 Å². The molecular weight excluding hydrogens is 244 g/mol. The second-order valence-corrected chi connectivity index (χ2v) is 5.67. The second kappa shape index (κ2) is 7.36. The number of unbranched alkanes of at least 4 members (excludes halogenated alkanes) is 1. The molecule has 0 aromatic heterocycles. The zero-order valence-corrected chi connectivity index (χ0v) is 12.2. The second-order valence-electron chi connectivity index (χ2n) is 5.67. The maximum Gasteiger partial charge on any atom is 0.326 e. The van der Waals surface area contributed by atoms with Gasteiger partial charge < -0.3 is 15.3 Å². The van der Waals surface area contributed by atoms with Gasteiger partial charge in [0, 0.05) is 13.1 Å². The molecule has 2 N–H and O–H groups in total. The van der Waals surface area contributed by atoms with Gasteiger partial charge in [-0.25, -0.2) is 9.59 Å². The van der Waals surface area contributed by atoms with Crippen LogP contribution in [-0.2, 0) is 4.79 Å². The van der Waals surface area contributed by atoms with Crippen LogP contribution >= 0.6 is 0 Å². The van der Waals surface area contributed by atoms with Crippen molar-refractivity contribution in [3.63, 3.8) is 0 Å². The van der Waals surface area contributed by atoms with Crippen molar-refractivity contribution < 1.29 is 14.7 Å². The van der Waals surface area contributed by atoms with Crippen molar-refractivity contribution in [1.82, 2.24) is 10.2 Å². The monoisotopic (exact) mass is 270 g/mol. The Labute approximate surface area is 115 Å². The summed E-state index contributed by atoms with van der Waals surface area (Å²) in [6.07, 6.45) is 3.22. The van der Waals surface area contributed by atoms with Crippen LogP contribution in [0.3, 0.4) is 0 Å². The number of hydrogen-bond donors (Lipinski definition) is 2. The number of likely N-dealkylation sites (tertiary alicyclic amines) is 1. The van der Waals surface area contributed by atoms with E-state index in [9.17, 15) is 9.59 Å². The molecular formula is C14H26N2O3. The van der Waals surface area contributed by atoms with Gasteiger partial charge in [-0.1, -0.05) is 33.6 Å². The first-order valence-electron chi connectivity index (χ1n) is 7.24. The highest BCUT2D eigenvalue weighted by atomic mass is 16.4. The lowest BCUT2D eigenvalue weighted by Crippen LogP contribution is -2.51. The molecule has 5 nitrogen and oxygen atoms in total. The average molecular weight is 270 g/mol. The summed E-state index contributed by atoms with van der Waals surface area (Å²) >= 11 is 0. The van der Waals surface area contributed by atoms with E-state index in [2.05, 4.69) is 19.2 Å². The lowest BCUT2D eigenvalue weighted by molar-refractivity contribution is -0.139. The van der Waals surface area contributed by atoms with Gasteiger partial charge in [0.15, 0.2) is 0 Å². The molecule has 1 aliphatic rings. The third-order valence-corrected chi connectivity index (χ3v) is 4.06. The smallest absolute Gasteiger partial charge is 0.326 e. The predicted octanol–water partition coefficient (Wildman–Crippen LogP) is 2.32. The van der Waals surface area contributed by atoms with E-state index in [0.29, 0.717) is 24.8 Å². The number of piperidine rings is 1. The molecule has 0 aromatic carbocycles. The Morgan fingerprint density at radius 2 is 2.05 bits per heavy atom. The van der Waals surface area contributed by atoms with Crippen LogP contribution in [0.2, 0.25) is 0 Å². The molecule has 2 amide bonds. The van der Waals surface area contributed by atoms with Gasteiger partial charge in [0.1, 0.15) is 6.04 Å². The summed E-state index contributed by atoms with van der Waals surface area (Å²) in [6, 6.07) is -0.996. The number of carboxylic acids is 1. The van der Waals surface area contributed by atoms with Gasteiger partial charge >= 0.3 is 12.0 Å². The molecule has 110 valence electrons. The number of urea groups is 1. The molecule has 1 fully saturated rings. The molecule has 19 heavy (non-hydrogen) atoms. The Hall–Kier alpha value is -1.26. The summed E-state index contributed by atoms with van der Waals surface area (Å²) in [5.74, 6) is 0.151. The Morgan fingerprint density at radius 1 is 1.37 bits per heavy atom. The van der Waals surface area contributed by atoms with E-state index < -0.39 is 12.0 Å². The summed E-state index contributed by atoms with van der Waals surface area (Å²) in [6.45, 7) is 7.77. The Bertz CT molecular complexity index is 320. The van der Waals surface area contributed by atoms with Crippen molar-refractivity contribution in [1.29, 1.82) is 0 Å². The normalized spacial score (nSPS) is 24.9. The summed E-state index contributed by atoms with van der Waals surface area (Å²) in [5.41, 5.74) is 0. The average Bonchev–Trinajstić information content (AvgIpc) is 2.37. The fourth-order valence-electron chi connectivity index (χ4n) is 2.35. The van der Waals surface area contributed by atoms with E-state index in [1.807, 2.05) is 6.92 Å². The van der Waals surface area contributed by atoms with Crippen LogP contribution in [-0.4, -0.2) is 41.1 Å². The minimum Gasteiger partial charge on any atom is -0.480 e. The highest BCUT2D eigenvalue weighted by Crippen LogP contribution is 2.22. The number of amides is 2. The minimum absolute atomic E-state index is 0.234. The first-order chi connectivity index (χ1) is 8.95. The molecule has 0 saturated carbocycles. The van der Waals surface area contributed by atoms with Crippen molar-refractivity contribution >= 4 is 12.0 Å². The molecule has 0 aromatic rings. The predicted molar refractivity (Wildman–Crippen MR) is 74.0 cm³/mol. The van der Waals surface area contributed by atoms with Crippen LogP contribution in [0.1, 0.15) is 46.5 Å². The number of hydrogen-bond acceptors (Lipinski definition) is 2. The van der Waals surface area contributed by atoms with E-state index in [-0.39, 0.29) is 6.03 Å². The van der Waals surface area contributed by atoms with Gasteiger partial charge in [-0.2, -0.15) is 0 Å². The van der Waals surface area contributed by atoms with Crippen molar-refractivity contribution in [2.75, 3.05) is 13.1 Å². The fourth-order valence-corrected chi connectivity index (χ4v) is 2.35. The lowest BCUT2D eigenvalue weighted by atomic mass is 9.89. The van der Waals surface area contributed by atoms with Crippen LogP contribution in [0.25, 0.3) is 0 Å². The summed E-state index contributed by atoms with van der Waals surface area (Å²) in [4.78, 5) is 24.9. The topological polar surface area (TPSA) is 69.6 Å². The zero-order valence-electron chi connectivity index (χ0n) is 12.2. The van der Waals surface area contributed by atoms with E-state index in [4.69, 9.17) is 5.11 Å². The number of rotatable bonds is 5. The number of nitrogens with one attached hydrogen (secondary N) is 1. The van der Waals surface area contributed by atoms with Gasteiger partial charge in [0.05, 0.1) is 0 Å². The maximum atomic E-state index is 12.1. The van der Waals surface area contributed by atoms with Crippen LogP contribution in [0.15, 0.2) is 0 Å². The molecule has 0 aliphatic carbocycles. The molecule has 0 radical (unpaired) electrons. The van der Waals surface area contributed by atoms with Gasteiger partial charge in [-0.3, -0.25) is 0 Å². The molecule has 5 heteroatoms. The van der Waals surface area contributed by atoms with E-state index >= 15 is 0 Å². The number of carboxylic acid groups (broad SMARTS) is 1. The number of carbonyl (C=O) groups is 2. The number of aliphatic carboxylic acids is 1. The highest BCUT2D eigenvalue weighted by Gasteiger charge is 2.28. The standard InChI is InChI=1S/C14H26N2O3/c1-4-5-6-12(13(17)18)15-14(19)16-8-7-10(2)11(3)9-16/h10-12H,4-9H2,1-3H3,(H,15,19)(H,17,18). The molecule has 0 bridgehead atoms. The summed E-state index contributed by atoms with van der Waals surface area (Å²) in [5, 5.41) is 11.8. The third-order valence-electron chi connectivity index (χ3n) is 4.06. The SMILES string of the molecule is CCCCC(NC(=O)N1CCC(C)C(C)C1)C(=O)O. The summed E-state index contributed by atoms with van der Waals surface area (Å²) in [7, 11) is 0. The van der Waals surface area contributed by atoms with Crippen molar-refractivity contribution in [3.8, 4) is 0 Å². The number of nitrogens with zero attached hydrogens (tertiary/aromatic N) is 1.